The van der Waals surface area contributed by atoms with E-state index in [1.165, 1.54) is 6.26 Å². The number of likely N-dealkylation sites (tertiary alicyclic amines) is 1. The molecular formula is C15H33Cl2N3O3S. The molecule has 1 saturated heterocycles. The number of carbonyl (C=O) groups is 1. The molecule has 1 aliphatic heterocycles. The number of nitrogens with two attached hydrogens (primary N) is 1. The summed E-state index contributed by atoms with van der Waals surface area (Å²) in [6.45, 7) is 6.62. The van der Waals surface area contributed by atoms with Crippen molar-refractivity contribution >= 4 is 40.6 Å². The molecule has 0 saturated carbocycles. The second-order valence-electron chi connectivity index (χ2n) is 6.41. The number of nitrogens with one attached hydrogen (secondary N) is 1. The van der Waals surface area contributed by atoms with Crippen LogP contribution in [0.4, 0.5) is 0 Å². The summed E-state index contributed by atoms with van der Waals surface area (Å²) in [5, 5.41) is 3.14. The summed E-state index contributed by atoms with van der Waals surface area (Å²) in [6.07, 6.45) is 4.49. The number of hydrogen-bond donors (Lipinski definition) is 2. The summed E-state index contributed by atoms with van der Waals surface area (Å²) >= 11 is 0. The van der Waals surface area contributed by atoms with E-state index in [0.29, 0.717) is 13.1 Å². The lowest BCUT2D eigenvalue weighted by molar-refractivity contribution is -0.132. The van der Waals surface area contributed by atoms with Crippen LogP contribution in [0.2, 0.25) is 0 Å². The number of rotatable bonds is 8. The second kappa shape index (κ2) is 11.5. The van der Waals surface area contributed by atoms with Gasteiger partial charge in [0, 0.05) is 38.5 Å². The second-order valence-corrected chi connectivity index (χ2v) is 8.67. The van der Waals surface area contributed by atoms with Gasteiger partial charge in [-0.2, -0.15) is 0 Å². The predicted octanol–water partition coefficient (Wildman–Crippen LogP) is 1.22. The van der Waals surface area contributed by atoms with Gasteiger partial charge >= 0.3 is 0 Å². The van der Waals surface area contributed by atoms with Crippen molar-refractivity contribution in [2.24, 2.45) is 11.1 Å². The van der Waals surface area contributed by atoms with Crippen molar-refractivity contribution in [2.45, 2.75) is 45.6 Å². The molecule has 1 rings (SSSR count). The van der Waals surface area contributed by atoms with Crippen LogP contribution in [0.5, 0.6) is 0 Å². The average Bonchev–Trinajstić information content (AvgIpc) is 2.48. The van der Waals surface area contributed by atoms with Crippen molar-refractivity contribution in [2.75, 3.05) is 38.2 Å². The maximum absolute atomic E-state index is 12.5. The molecule has 0 aromatic carbocycles. The summed E-state index contributed by atoms with van der Waals surface area (Å²) in [5.74, 6) is 0.265. The Morgan fingerprint density at radius 3 is 2.08 bits per heavy atom. The first-order valence-electron chi connectivity index (χ1n) is 8.17. The van der Waals surface area contributed by atoms with Crippen molar-refractivity contribution in [3.8, 4) is 0 Å². The van der Waals surface area contributed by atoms with Gasteiger partial charge in [0.25, 0.3) is 0 Å². The van der Waals surface area contributed by atoms with E-state index in [0.717, 1.165) is 38.8 Å². The number of halogens is 2. The van der Waals surface area contributed by atoms with E-state index in [2.05, 4.69) is 10.2 Å². The van der Waals surface area contributed by atoms with E-state index < -0.39 is 15.3 Å². The van der Waals surface area contributed by atoms with Crippen molar-refractivity contribution in [1.29, 1.82) is 0 Å². The molecule has 0 radical (unpaired) electrons. The Bertz CT molecular complexity index is 454. The highest BCUT2D eigenvalue weighted by Crippen LogP contribution is 2.25. The fourth-order valence-electron chi connectivity index (χ4n) is 2.89. The quantitative estimate of drug-likeness (QED) is 0.632. The molecule has 6 nitrogen and oxygen atoms in total. The summed E-state index contributed by atoms with van der Waals surface area (Å²) in [7, 11) is -2.91. The van der Waals surface area contributed by atoms with Crippen LogP contribution in [-0.4, -0.2) is 63.5 Å². The van der Waals surface area contributed by atoms with Crippen LogP contribution in [0.1, 0.15) is 39.5 Å². The first-order chi connectivity index (χ1) is 10.3. The van der Waals surface area contributed by atoms with Crippen LogP contribution in [0.15, 0.2) is 0 Å². The molecule has 9 heteroatoms. The van der Waals surface area contributed by atoms with Gasteiger partial charge < -0.3 is 16.0 Å². The topological polar surface area (TPSA) is 92.5 Å². The molecule has 1 aliphatic rings. The number of hydrogen-bond acceptors (Lipinski definition) is 5. The lowest BCUT2D eigenvalue weighted by Crippen LogP contribution is -2.52. The minimum Gasteiger partial charge on any atom is -0.353 e. The maximum Gasteiger partial charge on any atom is 0.227 e. The number of piperidine rings is 1. The molecule has 0 bridgehead atoms. The summed E-state index contributed by atoms with van der Waals surface area (Å²) in [6, 6.07) is 0.172. The molecule has 1 amide bonds. The minimum atomic E-state index is -2.91. The van der Waals surface area contributed by atoms with E-state index >= 15 is 0 Å². The zero-order chi connectivity index (χ0) is 16.8. The molecule has 0 aromatic heterocycles. The molecular weight excluding hydrogens is 373 g/mol. The highest BCUT2D eigenvalue weighted by Gasteiger charge is 2.35. The highest BCUT2D eigenvalue weighted by atomic mass is 35.5. The van der Waals surface area contributed by atoms with Gasteiger partial charge in [-0.05, 0) is 25.7 Å². The van der Waals surface area contributed by atoms with Crippen LogP contribution < -0.4 is 11.1 Å². The predicted molar refractivity (Wildman–Crippen MR) is 104 cm³/mol. The molecule has 3 N–H and O–H groups in total. The molecule has 24 heavy (non-hydrogen) atoms. The van der Waals surface area contributed by atoms with Crippen molar-refractivity contribution in [1.82, 2.24) is 10.2 Å². The third-order valence-corrected chi connectivity index (χ3v) is 5.85. The third-order valence-electron chi connectivity index (χ3n) is 4.93. The fourth-order valence-corrected chi connectivity index (χ4v) is 3.48. The zero-order valence-electron chi connectivity index (χ0n) is 14.9. The van der Waals surface area contributed by atoms with Crippen LogP contribution in [-0.2, 0) is 14.6 Å². The van der Waals surface area contributed by atoms with Crippen LogP contribution in [0.3, 0.4) is 0 Å². The van der Waals surface area contributed by atoms with E-state index in [4.69, 9.17) is 5.73 Å². The molecule has 0 spiro atoms. The van der Waals surface area contributed by atoms with Crippen LogP contribution in [0, 0.1) is 5.41 Å². The molecule has 0 atom stereocenters. The molecule has 1 heterocycles. The normalized spacial score (nSPS) is 16.8. The Balaban J connectivity index is 0. The third kappa shape index (κ3) is 7.87. The summed E-state index contributed by atoms with van der Waals surface area (Å²) in [5.41, 5.74) is 5.36. The number of sulfone groups is 1. The van der Waals surface area contributed by atoms with Gasteiger partial charge in [0.2, 0.25) is 5.91 Å². The van der Waals surface area contributed by atoms with E-state index in [1.807, 2.05) is 13.8 Å². The lowest BCUT2D eigenvalue weighted by atomic mass is 9.81. The Morgan fingerprint density at radius 2 is 1.71 bits per heavy atom. The molecule has 0 aromatic rings. The number of amides is 1. The Labute approximate surface area is 159 Å². The molecule has 0 unspecified atom stereocenters. The lowest BCUT2D eigenvalue weighted by Gasteiger charge is -2.35. The molecule has 146 valence electrons. The van der Waals surface area contributed by atoms with Gasteiger partial charge in [0.15, 0.2) is 0 Å². The van der Waals surface area contributed by atoms with Crippen LogP contribution >= 0.6 is 24.8 Å². The van der Waals surface area contributed by atoms with Gasteiger partial charge in [-0.15, -0.1) is 24.8 Å². The number of nitrogens with zero attached hydrogens (tertiary/aromatic N) is 1. The molecule has 1 fully saturated rings. The number of carbonyl (C=O) groups excluding carboxylic acids is 1. The largest absolute Gasteiger partial charge is 0.353 e. The monoisotopic (exact) mass is 405 g/mol. The Kier molecular flexibility index (Phi) is 12.6. The van der Waals surface area contributed by atoms with Gasteiger partial charge in [-0.3, -0.25) is 4.79 Å². The van der Waals surface area contributed by atoms with Gasteiger partial charge in [0.1, 0.15) is 9.84 Å². The molecule has 0 aliphatic carbocycles. The summed E-state index contributed by atoms with van der Waals surface area (Å²) in [4.78, 5) is 14.6. The maximum atomic E-state index is 12.5. The standard InChI is InChI=1S/C15H31N3O3S.2ClH/c1-4-15(5-2,12-16)14(19)17-13-6-8-18(9-7-13)10-11-22(3,20)21;;/h13H,4-12,16H2,1-3H3,(H,17,19);2*1H. The highest BCUT2D eigenvalue weighted by molar-refractivity contribution is 7.90. The Morgan fingerprint density at radius 1 is 1.21 bits per heavy atom. The SMILES string of the molecule is CCC(CC)(CN)C(=O)NC1CCN(CCS(C)(=O)=O)CC1.Cl.Cl. The van der Waals surface area contributed by atoms with Gasteiger partial charge in [0.05, 0.1) is 11.2 Å². The van der Waals surface area contributed by atoms with E-state index in [9.17, 15) is 13.2 Å². The zero-order valence-corrected chi connectivity index (χ0v) is 17.4. The Hall–Kier alpha value is -0.0800. The van der Waals surface area contributed by atoms with Gasteiger partial charge in [-0.25, -0.2) is 8.42 Å². The van der Waals surface area contributed by atoms with E-state index in [-0.39, 0.29) is 42.5 Å². The van der Waals surface area contributed by atoms with E-state index in [1.54, 1.807) is 0 Å². The minimum absolute atomic E-state index is 0. The van der Waals surface area contributed by atoms with Crippen molar-refractivity contribution in [3.05, 3.63) is 0 Å². The van der Waals surface area contributed by atoms with Gasteiger partial charge in [-0.1, -0.05) is 13.8 Å². The average molecular weight is 406 g/mol. The van der Waals surface area contributed by atoms with Crippen molar-refractivity contribution < 1.29 is 13.2 Å². The fraction of sp³-hybridized carbons (Fsp3) is 0.933. The van der Waals surface area contributed by atoms with Crippen molar-refractivity contribution in [3.63, 3.8) is 0 Å². The smallest absolute Gasteiger partial charge is 0.227 e. The first kappa shape index (κ1) is 26.2. The van der Waals surface area contributed by atoms with Crippen LogP contribution in [0.25, 0.3) is 0 Å². The first-order valence-corrected chi connectivity index (χ1v) is 10.2. The summed E-state index contributed by atoms with van der Waals surface area (Å²) < 4.78 is 22.4.